The fourth-order valence-corrected chi connectivity index (χ4v) is 3.19. The Hall–Kier alpha value is -3.04. The van der Waals surface area contributed by atoms with Gasteiger partial charge >= 0.3 is 6.03 Å². The largest absolute Gasteiger partial charge is 0.326 e. The highest BCUT2D eigenvalue weighted by atomic mass is 35.5. The number of piperidine rings is 1. The minimum atomic E-state index is -0.304. The minimum Gasteiger partial charge on any atom is -0.326 e. The lowest BCUT2D eigenvalue weighted by molar-refractivity contribution is -0.121. The van der Waals surface area contributed by atoms with Crippen molar-refractivity contribution >= 4 is 34.9 Å². The number of anilines is 2. The van der Waals surface area contributed by atoms with Gasteiger partial charge in [0.05, 0.1) is 16.5 Å². The van der Waals surface area contributed by atoms with Gasteiger partial charge in [-0.3, -0.25) is 4.79 Å². The maximum atomic E-state index is 12.6. The van der Waals surface area contributed by atoms with Gasteiger partial charge in [-0.05, 0) is 43.2 Å². The lowest BCUT2D eigenvalue weighted by atomic mass is 9.97. The van der Waals surface area contributed by atoms with Gasteiger partial charge in [-0.15, -0.1) is 0 Å². The molecule has 0 spiro atoms. The van der Waals surface area contributed by atoms with E-state index < -0.39 is 0 Å². The van der Waals surface area contributed by atoms with Gasteiger partial charge in [0.1, 0.15) is 6.07 Å². The third-order valence-electron chi connectivity index (χ3n) is 4.46. The zero-order valence-corrected chi connectivity index (χ0v) is 15.4. The first-order valence-electron chi connectivity index (χ1n) is 8.68. The Labute approximate surface area is 162 Å². The molecule has 138 valence electrons. The molecule has 2 aromatic carbocycles. The van der Waals surface area contributed by atoms with E-state index in [0.717, 1.165) is 12.1 Å². The molecule has 6 nitrogen and oxygen atoms in total. The number of nitrogens with one attached hydrogen (secondary N) is 2. The average Bonchev–Trinajstić information content (AvgIpc) is 2.70. The number of benzene rings is 2. The van der Waals surface area contributed by atoms with Crippen LogP contribution in [0.5, 0.6) is 0 Å². The van der Waals surface area contributed by atoms with E-state index in [4.69, 9.17) is 16.9 Å². The Kier molecular flexibility index (Phi) is 5.94. The summed E-state index contributed by atoms with van der Waals surface area (Å²) in [6.45, 7) is 0.963. The van der Waals surface area contributed by atoms with Crippen molar-refractivity contribution in [3.8, 4) is 6.07 Å². The summed E-state index contributed by atoms with van der Waals surface area (Å²) in [5, 5.41) is 15.1. The standard InChI is InChI=1S/C20H19ClN4O2/c21-18-9-8-17(11-15(18)12-22)23-19(26)14-5-4-10-25(13-14)20(27)24-16-6-2-1-3-7-16/h1-3,6-9,11,14H,4-5,10,13H2,(H,23,26)(H,24,27). The lowest BCUT2D eigenvalue weighted by Gasteiger charge is -2.32. The molecule has 7 heteroatoms. The first-order valence-corrected chi connectivity index (χ1v) is 9.06. The molecule has 2 N–H and O–H groups in total. The van der Waals surface area contributed by atoms with E-state index in [1.54, 1.807) is 23.1 Å². The molecule has 0 aliphatic carbocycles. The fraction of sp³-hybridized carbons (Fsp3) is 0.250. The van der Waals surface area contributed by atoms with Gasteiger partial charge in [-0.25, -0.2) is 4.79 Å². The number of likely N-dealkylation sites (tertiary alicyclic amines) is 1. The van der Waals surface area contributed by atoms with Gasteiger partial charge in [0, 0.05) is 24.5 Å². The predicted molar refractivity (Wildman–Crippen MR) is 105 cm³/mol. The van der Waals surface area contributed by atoms with Gasteiger partial charge in [-0.1, -0.05) is 29.8 Å². The number of nitriles is 1. The van der Waals surface area contributed by atoms with Crippen LogP contribution in [0, 0.1) is 17.2 Å². The maximum Gasteiger partial charge on any atom is 0.321 e. The summed E-state index contributed by atoms with van der Waals surface area (Å²) in [4.78, 5) is 26.7. The number of nitrogens with zero attached hydrogens (tertiary/aromatic N) is 2. The van der Waals surface area contributed by atoms with Crippen LogP contribution in [0.3, 0.4) is 0 Å². The Morgan fingerprint density at radius 3 is 2.63 bits per heavy atom. The summed E-state index contributed by atoms with van der Waals surface area (Å²) in [7, 11) is 0. The zero-order valence-electron chi connectivity index (χ0n) is 14.6. The van der Waals surface area contributed by atoms with Gasteiger partial charge in [0.2, 0.25) is 5.91 Å². The van der Waals surface area contributed by atoms with Gasteiger partial charge in [0.15, 0.2) is 0 Å². The van der Waals surface area contributed by atoms with Crippen LogP contribution in [0.25, 0.3) is 0 Å². The Morgan fingerprint density at radius 2 is 1.89 bits per heavy atom. The van der Waals surface area contributed by atoms with Crippen molar-refractivity contribution in [1.82, 2.24) is 4.90 Å². The summed E-state index contributed by atoms with van der Waals surface area (Å²) < 4.78 is 0. The van der Waals surface area contributed by atoms with Crippen molar-refractivity contribution in [1.29, 1.82) is 5.26 Å². The van der Waals surface area contributed by atoms with E-state index in [2.05, 4.69) is 10.6 Å². The topological polar surface area (TPSA) is 85.2 Å². The van der Waals surface area contributed by atoms with E-state index in [0.29, 0.717) is 35.8 Å². The molecule has 3 amide bonds. The molecule has 0 radical (unpaired) electrons. The number of para-hydroxylation sites is 1. The first-order chi connectivity index (χ1) is 13.1. The summed E-state index contributed by atoms with van der Waals surface area (Å²) in [5.74, 6) is -0.472. The molecular formula is C20H19ClN4O2. The zero-order chi connectivity index (χ0) is 19.2. The van der Waals surface area contributed by atoms with Gasteiger partial charge in [0.25, 0.3) is 0 Å². The van der Waals surface area contributed by atoms with Crippen molar-refractivity contribution in [3.05, 3.63) is 59.1 Å². The Bertz CT molecular complexity index is 879. The number of hydrogen-bond acceptors (Lipinski definition) is 3. The molecule has 1 heterocycles. The smallest absolute Gasteiger partial charge is 0.321 e. The van der Waals surface area contributed by atoms with Crippen LogP contribution in [0.15, 0.2) is 48.5 Å². The number of hydrogen-bond donors (Lipinski definition) is 2. The predicted octanol–water partition coefficient (Wildman–Crippen LogP) is 4.09. The minimum absolute atomic E-state index is 0.168. The SMILES string of the molecule is N#Cc1cc(NC(=O)C2CCCN(C(=O)Nc3ccccc3)C2)ccc1Cl. The van der Waals surface area contributed by atoms with Crippen LogP contribution < -0.4 is 10.6 Å². The van der Waals surface area contributed by atoms with E-state index in [-0.39, 0.29) is 17.9 Å². The second-order valence-electron chi connectivity index (χ2n) is 6.38. The summed E-state index contributed by atoms with van der Waals surface area (Å²) in [5.41, 5.74) is 1.55. The van der Waals surface area contributed by atoms with Crippen LogP contribution in [0.2, 0.25) is 5.02 Å². The number of carbonyl (C=O) groups excluding carboxylic acids is 2. The van der Waals surface area contributed by atoms with Crippen LogP contribution in [0.4, 0.5) is 16.2 Å². The van der Waals surface area contributed by atoms with Crippen LogP contribution in [0.1, 0.15) is 18.4 Å². The molecule has 0 aromatic heterocycles. The second kappa shape index (κ2) is 8.56. The molecule has 1 unspecified atom stereocenters. The van der Waals surface area contributed by atoms with Crippen molar-refractivity contribution in [2.45, 2.75) is 12.8 Å². The highest BCUT2D eigenvalue weighted by Crippen LogP contribution is 2.23. The molecule has 1 atom stereocenters. The van der Waals surface area contributed by atoms with Crippen LogP contribution >= 0.6 is 11.6 Å². The van der Waals surface area contributed by atoms with Crippen molar-refractivity contribution in [2.75, 3.05) is 23.7 Å². The third kappa shape index (κ3) is 4.78. The molecule has 1 fully saturated rings. The van der Waals surface area contributed by atoms with Gasteiger partial charge < -0.3 is 15.5 Å². The van der Waals surface area contributed by atoms with Gasteiger partial charge in [-0.2, -0.15) is 5.26 Å². The Balaban J connectivity index is 1.61. The summed E-state index contributed by atoms with van der Waals surface area (Å²) in [6, 6.07) is 15.8. The molecular weight excluding hydrogens is 364 g/mol. The van der Waals surface area contributed by atoms with E-state index in [1.807, 2.05) is 36.4 Å². The molecule has 1 aliphatic rings. The number of carbonyl (C=O) groups is 2. The first kappa shape index (κ1) is 18.7. The van der Waals surface area contributed by atoms with Crippen LogP contribution in [-0.2, 0) is 4.79 Å². The average molecular weight is 383 g/mol. The van der Waals surface area contributed by atoms with Crippen molar-refractivity contribution in [2.24, 2.45) is 5.92 Å². The monoisotopic (exact) mass is 382 g/mol. The quantitative estimate of drug-likeness (QED) is 0.838. The van der Waals surface area contributed by atoms with E-state index in [9.17, 15) is 9.59 Å². The number of rotatable bonds is 3. The number of halogens is 1. The third-order valence-corrected chi connectivity index (χ3v) is 4.79. The lowest BCUT2D eigenvalue weighted by Crippen LogP contribution is -2.45. The van der Waals surface area contributed by atoms with E-state index in [1.165, 1.54) is 0 Å². The highest BCUT2D eigenvalue weighted by Gasteiger charge is 2.28. The Morgan fingerprint density at radius 1 is 1.11 bits per heavy atom. The fourth-order valence-electron chi connectivity index (χ4n) is 3.03. The summed E-state index contributed by atoms with van der Waals surface area (Å²) >= 11 is 5.92. The molecule has 3 rings (SSSR count). The number of amides is 3. The maximum absolute atomic E-state index is 12.6. The molecule has 0 saturated carbocycles. The number of urea groups is 1. The van der Waals surface area contributed by atoms with Crippen molar-refractivity contribution in [3.63, 3.8) is 0 Å². The molecule has 27 heavy (non-hydrogen) atoms. The second-order valence-corrected chi connectivity index (χ2v) is 6.78. The highest BCUT2D eigenvalue weighted by molar-refractivity contribution is 6.31. The molecule has 2 aromatic rings. The molecule has 1 aliphatic heterocycles. The van der Waals surface area contributed by atoms with E-state index >= 15 is 0 Å². The molecule has 1 saturated heterocycles. The summed E-state index contributed by atoms with van der Waals surface area (Å²) in [6.07, 6.45) is 1.46. The van der Waals surface area contributed by atoms with Crippen LogP contribution in [-0.4, -0.2) is 29.9 Å². The van der Waals surface area contributed by atoms with Crippen molar-refractivity contribution < 1.29 is 9.59 Å². The molecule has 0 bridgehead atoms. The normalized spacial score (nSPS) is 16.3.